The SMILES string of the molecule is CCOc1ccc(C(=O)N(CCOC)CC(C)C)cc1. The maximum absolute atomic E-state index is 12.5. The van der Waals surface area contributed by atoms with Crippen LogP contribution in [0.5, 0.6) is 5.75 Å². The molecule has 0 fully saturated rings. The fraction of sp³-hybridized carbons (Fsp3) is 0.562. The summed E-state index contributed by atoms with van der Waals surface area (Å²) in [5, 5.41) is 0. The van der Waals surface area contributed by atoms with Crippen LogP contribution in [0.1, 0.15) is 31.1 Å². The first-order valence-electron chi connectivity index (χ1n) is 7.09. The minimum absolute atomic E-state index is 0.0406. The molecule has 0 heterocycles. The topological polar surface area (TPSA) is 38.8 Å². The Bertz CT molecular complexity index is 401. The van der Waals surface area contributed by atoms with Crippen LogP contribution in [0, 0.1) is 5.92 Å². The predicted molar refractivity (Wildman–Crippen MR) is 80.2 cm³/mol. The quantitative estimate of drug-likeness (QED) is 0.734. The van der Waals surface area contributed by atoms with Gasteiger partial charge in [-0.05, 0) is 37.1 Å². The van der Waals surface area contributed by atoms with Crippen LogP contribution in [-0.2, 0) is 4.74 Å². The molecule has 1 amide bonds. The number of benzene rings is 1. The second-order valence-electron chi connectivity index (χ2n) is 5.10. The number of hydrogen-bond acceptors (Lipinski definition) is 3. The molecule has 0 spiro atoms. The zero-order valence-corrected chi connectivity index (χ0v) is 12.9. The highest BCUT2D eigenvalue weighted by Crippen LogP contribution is 2.14. The lowest BCUT2D eigenvalue weighted by molar-refractivity contribution is 0.0672. The van der Waals surface area contributed by atoms with Crippen LogP contribution < -0.4 is 4.74 Å². The van der Waals surface area contributed by atoms with Gasteiger partial charge in [0.1, 0.15) is 5.75 Å². The number of nitrogens with zero attached hydrogens (tertiary/aromatic N) is 1. The molecular formula is C16H25NO3. The van der Waals surface area contributed by atoms with Gasteiger partial charge in [0.15, 0.2) is 0 Å². The summed E-state index contributed by atoms with van der Waals surface area (Å²) in [6, 6.07) is 7.29. The lowest BCUT2D eigenvalue weighted by Crippen LogP contribution is -2.36. The van der Waals surface area contributed by atoms with Crippen molar-refractivity contribution in [3.63, 3.8) is 0 Å². The molecule has 1 aromatic rings. The van der Waals surface area contributed by atoms with Crippen LogP contribution in [0.15, 0.2) is 24.3 Å². The third-order valence-electron chi connectivity index (χ3n) is 2.85. The van der Waals surface area contributed by atoms with Crippen LogP contribution >= 0.6 is 0 Å². The van der Waals surface area contributed by atoms with Gasteiger partial charge in [-0.3, -0.25) is 4.79 Å². The molecule has 4 nitrogen and oxygen atoms in total. The van der Waals surface area contributed by atoms with E-state index in [1.54, 1.807) is 7.11 Å². The van der Waals surface area contributed by atoms with E-state index >= 15 is 0 Å². The molecule has 0 unspecified atom stereocenters. The highest BCUT2D eigenvalue weighted by atomic mass is 16.5. The molecule has 20 heavy (non-hydrogen) atoms. The average Bonchev–Trinajstić information content (AvgIpc) is 2.43. The Hall–Kier alpha value is -1.55. The van der Waals surface area contributed by atoms with Crippen LogP contribution in [0.4, 0.5) is 0 Å². The van der Waals surface area contributed by atoms with E-state index in [2.05, 4.69) is 13.8 Å². The molecule has 0 aliphatic heterocycles. The van der Waals surface area contributed by atoms with Gasteiger partial charge in [-0.25, -0.2) is 0 Å². The van der Waals surface area contributed by atoms with E-state index in [4.69, 9.17) is 9.47 Å². The average molecular weight is 279 g/mol. The van der Waals surface area contributed by atoms with Crippen molar-refractivity contribution in [1.82, 2.24) is 4.90 Å². The minimum atomic E-state index is 0.0406. The summed E-state index contributed by atoms with van der Waals surface area (Å²) in [6.45, 7) is 8.66. The van der Waals surface area contributed by atoms with Crippen molar-refractivity contribution in [2.24, 2.45) is 5.92 Å². The molecule has 0 saturated carbocycles. The number of carbonyl (C=O) groups is 1. The van der Waals surface area contributed by atoms with Gasteiger partial charge in [0.25, 0.3) is 5.91 Å². The van der Waals surface area contributed by atoms with Crippen molar-refractivity contribution in [3.05, 3.63) is 29.8 Å². The number of ether oxygens (including phenoxy) is 2. The Morgan fingerprint density at radius 1 is 1.25 bits per heavy atom. The summed E-state index contributed by atoms with van der Waals surface area (Å²) in [5.74, 6) is 1.26. The summed E-state index contributed by atoms with van der Waals surface area (Å²) in [6.07, 6.45) is 0. The molecule has 0 bridgehead atoms. The molecule has 0 radical (unpaired) electrons. The largest absolute Gasteiger partial charge is 0.494 e. The summed E-state index contributed by atoms with van der Waals surface area (Å²) in [4.78, 5) is 14.3. The highest BCUT2D eigenvalue weighted by molar-refractivity contribution is 5.94. The van der Waals surface area contributed by atoms with Gasteiger partial charge >= 0.3 is 0 Å². The summed E-state index contributed by atoms with van der Waals surface area (Å²) in [7, 11) is 1.65. The van der Waals surface area contributed by atoms with E-state index in [1.165, 1.54) is 0 Å². The third-order valence-corrected chi connectivity index (χ3v) is 2.85. The lowest BCUT2D eigenvalue weighted by Gasteiger charge is -2.24. The second-order valence-corrected chi connectivity index (χ2v) is 5.10. The Labute approximate surface area is 121 Å². The van der Waals surface area contributed by atoms with E-state index < -0.39 is 0 Å². The Balaban J connectivity index is 2.76. The molecule has 0 aliphatic carbocycles. The zero-order chi connectivity index (χ0) is 15.0. The summed E-state index contributed by atoms with van der Waals surface area (Å²) in [5.41, 5.74) is 0.685. The van der Waals surface area contributed by atoms with Crippen LogP contribution in [-0.4, -0.2) is 44.2 Å². The molecule has 1 aromatic carbocycles. The summed E-state index contributed by atoms with van der Waals surface area (Å²) >= 11 is 0. The Morgan fingerprint density at radius 2 is 1.90 bits per heavy atom. The lowest BCUT2D eigenvalue weighted by atomic mass is 10.1. The van der Waals surface area contributed by atoms with Crippen molar-refractivity contribution in [2.45, 2.75) is 20.8 Å². The van der Waals surface area contributed by atoms with Gasteiger partial charge in [-0.2, -0.15) is 0 Å². The minimum Gasteiger partial charge on any atom is -0.494 e. The molecule has 1 rings (SSSR count). The number of rotatable bonds is 8. The molecule has 0 aliphatic rings. The number of methoxy groups -OCH3 is 1. The number of carbonyl (C=O) groups excluding carboxylic acids is 1. The van der Waals surface area contributed by atoms with Crippen LogP contribution in [0.25, 0.3) is 0 Å². The van der Waals surface area contributed by atoms with Gasteiger partial charge in [-0.1, -0.05) is 13.8 Å². The van der Waals surface area contributed by atoms with Gasteiger partial charge in [0, 0.05) is 25.8 Å². The molecule has 0 N–H and O–H groups in total. The summed E-state index contributed by atoms with van der Waals surface area (Å²) < 4.78 is 10.5. The first-order valence-corrected chi connectivity index (χ1v) is 7.09. The second kappa shape index (κ2) is 8.59. The fourth-order valence-electron chi connectivity index (χ4n) is 1.96. The molecule has 112 valence electrons. The van der Waals surface area contributed by atoms with Crippen molar-refractivity contribution in [2.75, 3.05) is 33.4 Å². The highest BCUT2D eigenvalue weighted by Gasteiger charge is 2.16. The molecule has 0 saturated heterocycles. The van der Waals surface area contributed by atoms with E-state index in [0.717, 1.165) is 12.3 Å². The molecular weight excluding hydrogens is 254 g/mol. The van der Waals surface area contributed by atoms with Gasteiger partial charge in [0.05, 0.1) is 13.2 Å². The normalized spacial score (nSPS) is 10.7. The van der Waals surface area contributed by atoms with Crippen LogP contribution in [0.3, 0.4) is 0 Å². The molecule has 4 heteroatoms. The van der Waals surface area contributed by atoms with E-state index in [-0.39, 0.29) is 5.91 Å². The third kappa shape index (κ3) is 5.21. The first-order chi connectivity index (χ1) is 9.58. The van der Waals surface area contributed by atoms with Gasteiger partial charge in [0.2, 0.25) is 0 Å². The monoisotopic (exact) mass is 279 g/mol. The van der Waals surface area contributed by atoms with Crippen molar-refractivity contribution < 1.29 is 14.3 Å². The Morgan fingerprint density at radius 3 is 2.40 bits per heavy atom. The van der Waals surface area contributed by atoms with Gasteiger partial charge < -0.3 is 14.4 Å². The maximum atomic E-state index is 12.5. The first kappa shape index (κ1) is 16.5. The van der Waals surface area contributed by atoms with Crippen molar-refractivity contribution in [1.29, 1.82) is 0 Å². The van der Waals surface area contributed by atoms with E-state index in [9.17, 15) is 4.79 Å². The van der Waals surface area contributed by atoms with E-state index in [1.807, 2.05) is 36.1 Å². The molecule has 0 aromatic heterocycles. The van der Waals surface area contributed by atoms with Crippen molar-refractivity contribution >= 4 is 5.91 Å². The number of amides is 1. The maximum Gasteiger partial charge on any atom is 0.253 e. The van der Waals surface area contributed by atoms with Gasteiger partial charge in [-0.15, -0.1) is 0 Å². The zero-order valence-electron chi connectivity index (χ0n) is 12.9. The van der Waals surface area contributed by atoms with Crippen LogP contribution in [0.2, 0.25) is 0 Å². The smallest absolute Gasteiger partial charge is 0.253 e. The van der Waals surface area contributed by atoms with Crippen molar-refractivity contribution in [3.8, 4) is 5.75 Å². The number of hydrogen-bond donors (Lipinski definition) is 0. The standard InChI is InChI=1S/C16H25NO3/c1-5-20-15-8-6-14(7-9-15)16(18)17(10-11-19-4)12-13(2)3/h6-9,13H,5,10-12H2,1-4H3. The fourth-order valence-corrected chi connectivity index (χ4v) is 1.96. The Kier molecular flexibility index (Phi) is 7.09. The van der Waals surface area contributed by atoms with E-state index in [0.29, 0.717) is 31.2 Å². The predicted octanol–water partition coefficient (Wildman–Crippen LogP) is 2.83. The molecule has 0 atom stereocenters.